The summed E-state index contributed by atoms with van der Waals surface area (Å²) in [6, 6.07) is 0. The minimum Gasteiger partial charge on any atom is -0.395 e. The van der Waals surface area contributed by atoms with Crippen molar-refractivity contribution >= 4 is 11.5 Å². The van der Waals surface area contributed by atoms with E-state index in [4.69, 9.17) is 10.8 Å². The van der Waals surface area contributed by atoms with E-state index in [2.05, 4.69) is 4.98 Å². The monoisotopic (exact) mass is 242 g/mol. The highest BCUT2D eigenvalue weighted by Crippen LogP contribution is 2.15. The van der Waals surface area contributed by atoms with Gasteiger partial charge in [0.25, 0.3) is 5.56 Å². The molecule has 1 rings (SSSR count). The van der Waals surface area contributed by atoms with Gasteiger partial charge in [0.1, 0.15) is 11.5 Å². The van der Waals surface area contributed by atoms with Crippen LogP contribution < -0.4 is 21.9 Å². The number of aromatic amines is 1. The number of aliphatic hydroxyl groups excluding tert-OH is 1. The fraction of sp³-hybridized carbons (Fsp3) is 0.600. The molecule has 1 aromatic rings. The molecule has 0 amide bonds. The number of aromatic nitrogens is 2. The average molecular weight is 242 g/mol. The predicted octanol–water partition coefficient (Wildman–Crippen LogP) is -1.04. The molecule has 17 heavy (non-hydrogen) atoms. The highest BCUT2D eigenvalue weighted by molar-refractivity contribution is 5.62. The van der Waals surface area contributed by atoms with Crippen LogP contribution in [0.25, 0.3) is 0 Å². The number of nitrogens with one attached hydrogen (secondary N) is 1. The SMILES string of the molecule is CCN(CCO)c1c(N)n(CC)c(=O)[nH]c1=O. The van der Waals surface area contributed by atoms with Crippen molar-refractivity contribution in [3.8, 4) is 0 Å². The maximum absolute atomic E-state index is 11.7. The molecule has 7 nitrogen and oxygen atoms in total. The molecule has 0 bridgehead atoms. The number of hydrogen-bond acceptors (Lipinski definition) is 5. The summed E-state index contributed by atoms with van der Waals surface area (Å²) < 4.78 is 1.29. The maximum Gasteiger partial charge on any atom is 0.330 e. The zero-order valence-corrected chi connectivity index (χ0v) is 10.1. The Hall–Kier alpha value is -1.76. The summed E-state index contributed by atoms with van der Waals surface area (Å²) in [5.41, 5.74) is 5.02. The second-order valence-electron chi connectivity index (χ2n) is 3.54. The summed E-state index contributed by atoms with van der Waals surface area (Å²) in [7, 11) is 0. The second-order valence-corrected chi connectivity index (χ2v) is 3.54. The van der Waals surface area contributed by atoms with Crippen molar-refractivity contribution < 1.29 is 5.11 Å². The van der Waals surface area contributed by atoms with Gasteiger partial charge in [0.15, 0.2) is 0 Å². The Balaban J connectivity index is 3.42. The largest absolute Gasteiger partial charge is 0.395 e. The van der Waals surface area contributed by atoms with Crippen molar-refractivity contribution in [2.45, 2.75) is 20.4 Å². The number of hydrogen-bond donors (Lipinski definition) is 3. The zero-order valence-electron chi connectivity index (χ0n) is 10.1. The topological polar surface area (TPSA) is 104 Å². The molecular weight excluding hydrogens is 224 g/mol. The van der Waals surface area contributed by atoms with Crippen molar-refractivity contribution in [2.24, 2.45) is 0 Å². The van der Waals surface area contributed by atoms with Gasteiger partial charge in [-0.2, -0.15) is 0 Å². The molecule has 1 heterocycles. The Kier molecular flexibility index (Phi) is 4.33. The first-order valence-electron chi connectivity index (χ1n) is 5.55. The van der Waals surface area contributed by atoms with Gasteiger partial charge < -0.3 is 15.7 Å². The van der Waals surface area contributed by atoms with Crippen molar-refractivity contribution in [3.63, 3.8) is 0 Å². The highest BCUT2D eigenvalue weighted by atomic mass is 16.3. The Bertz CT molecular complexity index is 491. The van der Waals surface area contributed by atoms with E-state index in [0.717, 1.165) is 0 Å². The number of nitrogen functional groups attached to an aromatic ring is 1. The number of nitrogens with two attached hydrogens (primary N) is 1. The third-order valence-electron chi connectivity index (χ3n) is 2.60. The van der Waals surface area contributed by atoms with Gasteiger partial charge in [0.05, 0.1) is 6.61 Å². The molecule has 0 aromatic carbocycles. The lowest BCUT2D eigenvalue weighted by atomic mass is 10.3. The average Bonchev–Trinajstić information content (AvgIpc) is 2.27. The van der Waals surface area contributed by atoms with Crippen LogP contribution in [0.1, 0.15) is 13.8 Å². The summed E-state index contributed by atoms with van der Waals surface area (Å²) in [5, 5.41) is 8.93. The second kappa shape index (κ2) is 5.53. The van der Waals surface area contributed by atoms with Gasteiger partial charge in [0.2, 0.25) is 0 Å². The molecule has 1 aromatic heterocycles. The van der Waals surface area contributed by atoms with Gasteiger partial charge in [-0.15, -0.1) is 0 Å². The minimum atomic E-state index is -0.521. The lowest BCUT2D eigenvalue weighted by Crippen LogP contribution is -2.39. The van der Waals surface area contributed by atoms with E-state index in [1.165, 1.54) is 4.57 Å². The van der Waals surface area contributed by atoms with Gasteiger partial charge >= 0.3 is 5.69 Å². The van der Waals surface area contributed by atoms with E-state index < -0.39 is 11.2 Å². The standard InChI is InChI=1S/C10H18N4O3/c1-3-13(5-6-15)7-8(11)14(4-2)10(17)12-9(7)16/h15H,3-6,11H2,1-2H3,(H,12,16,17). The molecule has 0 aliphatic rings. The summed E-state index contributed by atoms with van der Waals surface area (Å²) >= 11 is 0. The van der Waals surface area contributed by atoms with Crippen molar-refractivity contribution in [1.29, 1.82) is 0 Å². The zero-order chi connectivity index (χ0) is 13.0. The molecule has 0 radical (unpaired) electrons. The molecule has 0 aliphatic carbocycles. The van der Waals surface area contributed by atoms with Crippen LogP contribution >= 0.6 is 0 Å². The van der Waals surface area contributed by atoms with Crippen molar-refractivity contribution in [2.75, 3.05) is 30.3 Å². The molecule has 0 saturated heterocycles. The predicted molar refractivity (Wildman–Crippen MR) is 66.4 cm³/mol. The van der Waals surface area contributed by atoms with Crippen LogP contribution in [0.5, 0.6) is 0 Å². The third kappa shape index (κ3) is 2.50. The number of anilines is 2. The summed E-state index contributed by atoms with van der Waals surface area (Å²) in [4.78, 5) is 27.1. The molecule has 0 fully saturated rings. The molecule has 0 unspecified atom stereocenters. The van der Waals surface area contributed by atoms with Gasteiger partial charge in [-0.25, -0.2) is 4.79 Å². The van der Waals surface area contributed by atoms with Crippen LogP contribution in [0, 0.1) is 0 Å². The molecule has 4 N–H and O–H groups in total. The molecule has 0 spiro atoms. The van der Waals surface area contributed by atoms with E-state index in [1.807, 2.05) is 6.92 Å². The third-order valence-corrected chi connectivity index (χ3v) is 2.60. The molecule has 0 saturated carbocycles. The van der Waals surface area contributed by atoms with Crippen LogP contribution in [0.15, 0.2) is 9.59 Å². The number of H-pyrrole nitrogens is 1. The summed E-state index contributed by atoms with van der Waals surface area (Å²) in [6.07, 6.45) is 0. The molecule has 0 atom stereocenters. The van der Waals surface area contributed by atoms with E-state index >= 15 is 0 Å². The lowest BCUT2D eigenvalue weighted by molar-refractivity contribution is 0.302. The Morgan fingerprint density at radius 2 is 2.06 bits per heavy atom. The van der Waals surface area contributed by atoms with E-state index in [-0.39, 0.29) is 18.1 Å². The fourth-order valence-electron chi connectivity index (χ4n) is 1.75. The summed E-state index contributed by atoms with van der Waals surface area (Å²) in [5.74, 6) is 0.136. The number of likely N-dealkylation sites (N-methyl/N-ethyl adjacent to an activating group) is 1. The van der Waals surface area contributed by atoms with Crippen molar-refractivity contribution in [1.82, 2.24) is 9.55 Å². The van der Waals surface area contributed by atoms with E-state index in [0.29, 0.717) is 19.6 Å². The minimum absolute atomic E-state index is 0.0853. The van der Waals surface area contributed by atoms with E-state index in [9.17, 15) is 9.59 Å². The van der Waals surface area contributed by atoms with Crippen LogP contribution in [0.2, 0.25) is 0 Å². The van der Waals surface area contributed by atoms with E-state index in [1.54, 1.807) is 11.8 Å². The molecule has 7 heteroatoms. The van der Waals surface area contributed by atoms with Crippen LogP contribution in [-0.2, 0) is 6.54 Å². The fourth-order valence-corrected chi connectivity index (χ4v) is 1.75. The first-order chi connectivity index (χ1) is 8.06. The Morgan fingerprint density at radius 1 is 1.41 bits per heavy atom. The van der Waals surface area contributed by atoms with Gasteiger partial charge in [-0.1, -0.05) is 0 Å². The molecule has 96 valence electrons. The lowest BCUT2D eigenvalue weighted by Gasteiger charge is -2.23. The summed E-state index contributed by atoms with van der Waals surface area (Å²) in [6.45, 7) is 4.72. The maximum atomic E-state index is 11.7. The van der Waals surface area contributed by atoms with Crippen LogP contribution in [0.4, 0.5) is 11.5 Å². The number of nitrogens with zero attached hydrogens (tertiary/aromatic N) is 2. The first kappa shape index (κ1) is 13.3. The Labute approximate surface area is 98.5 Å². The number of aliphatic hydroxyl groups is 1. The molecular formula is C10H18N4O3. The quantitative estimate of drug-likeness (QED) is 0.611. The smallest absolute Gasteiger partial charge is 0.330 e. The Morgan fingerprint density at radius 3 is 2.53 bits per heavy atom. The van der Waals surface area contributed by atoms with Crippen LogP contribution in [-0.4, -0.2) is 34.4 Å². The van der Waals surface area contributed by atoms with Gasteiger partial charge in [0, 0.05) is 19.6 Å². The normalized spacial score (nSPS) is 10.5. The first-order valence-corrected chi connectivity index (χ1v) is 5.55. The number of rotatable bonds is 5. The van der Waals surface area contributed by atoms with Gasteiger partial charge in [-0.05, 0) is 13.8 Å². The van der Waals surface area contributed by atoms with Crippen LogP contribution in [0.3, 0.4) is 0 Å². The van der Waals surface area contributed by atoms with Crippen molar-refractivity contribution in [3.05, 3.63) is 20.8 Å². The highest BCUT2D eigenvalue weighted by Gasteiger charge is 2.16. The van der Waals surface area contributed by atoms with Gasteiger partial charge in [-0.3, -0.25) is 14.3 Å². The molecule has 0 aliphatic heterocycles.